The lowest BCUT2D eigenvalue weighted by molar-refractivity contribution is -0.111. The number of amides is 1. The topological polar surface area (TPSA) is 51.2 Å². The maximum Gasteiger partial charge on any atom is 0.251 e. The van der Waals surface area contributed by atoms with Crippen molar-refractivity contribution in [2.24, 2.45) is 5.41 Å². The highest BCUT2D eigenvalue weighted by atomic mass is 35.5. The lowest BCUT2D eigenvalue weighted by Gasteiger charge is -2.51. The molecule has 2 unspecified atom stereocenters. The molecule has 1 aliphatic carbocycles. The molecule has 1 fully saturated rings. The van der Waals surface area contributed by atoms with Gasteiger partial charge in [0.05, 0.1) is 6.10 Å². The molecule has 0 aliphatic heterocycles. The van der Waals surface area contributed by atoms with Crippen LogP contribution in [0.2, 0.25) is 5.15 Å². The molecule has 0 radical (unpaired) electrons. The number of hydrogen-bond donors (Lipinski definition) is 1. The van der Waals surface area contributed by atoms with Gasteiger partial charge >= 0.3 is 0 Å². The fourth-order valence-electron chi connectivity index (χ4n) is 2.40. The normalized spacial score (nSPS) is 24.6. The quantitative estimate of drug-likeness (QED) is 0.864. The summed E-state index contributed by atoms with van der Waals surface area (Å²) in [6.45, 7) is 6.91. The fraction of sp³-hybridized carbons (Fsp3) is 0.571. The summed E-state index contributed by atoms with van der Waals surface area (Å²) in [4.78, 5) is 16.0. The van der Waals surface area contributed by atoms with E-state index in [4.69, 9.17) is 16.3 Å². The van der Waals surface area contributed by atoms with Crippen LogP contribution >= 0.6 is 11.6 Å². The molecule has 1 aromatic heterocycles. The van der Waals surface area contributed by atoms with Crippen LogP contribution in [0, 0.1) is 5.41 Å². The SMILES string of the molecule is CCOC1CC(NC(=O)c2ccnc(Cl)c2)C1(C)C. The molecule has 2 atom stereocenters. The van der Waals surface area contributed by atoms with Crippen LogP contribution in [-0.2, 0) is 4.74 Å². The van der Waals surface area contributed by atoms with Crippen LogP contribution in [0.25, 0.3) is 0 Å². The van der Waals surface area contributed by atoms with Gasteiger partial charge in [0.15, 0.2) is 0 Å². The van der Waals surface area contributed by atoms with Crippen LogP contribution < -0.4 is 5.32 Å². The van der Waals surface area contributed by atoms with E-state index in [9.17, 15) is 4.79 Å². The Bertz CT molecular complexity index is 476. The van der Waals surface area contributed by atoms with Gasteiger partial charge in [0, 0.05) is 29.8 Å². The third-order valence-corrected chi connectivity index (χ3v) is 4.05. The molecule has 5 heteroatoms. The van der Waals surface area contributed by atoms with E-state index >= 15 is 0 Å². The van der Waals surface area contributed by atoms with Gasteiger partial charge in [0.1, 0.15) is 5.15 Å². The molecule has 1 amide bonds. The first kappa shape index (κ1) is 14.3. The number of nitrogens with zero attached hydrogens (tertiary/aromatic N) is 1. The van der Waals surface area contributed by atoms with E-state index in [-0.39, 0.29) is 23.5 Å². The first-order valence-corrected chi connectivity index (χ1v) is 6.87. The van der Waals surface area contributed by atoms with Crippen molar-refractivity contribution in [2.75, 3.05) is 6.61 Å². The Balaban J connectivity index is 1.98. The highest BCUT2D eigenvalue weighted by molar-refractivity contribution is 6.29. The van der Waals surface area contributed by atoms with Crippen molar-refractivity contribution in [1.82, 2.24) is 10.3 Å². The zero-order chi connectivity index (χ0) is 14.0. The van der Waals surface area contributed by atoms with Crippen LogP contribution in [0.1, 0.15) is 37.6 Å². The van der Waals surface area contributed by atoms with Crippen LogP contribution in [0.15, 0.2) is 18.3 Å². The number of pyridine rings is 1. The minimum atomic E-state index is -0.114. The maximum absolute atomic E-state index is 12.1. The second-order valence-corrected chi connectivity index (χ2v) is 5.78. The van der Waals surface area contributed by atoms with Gasteiger partial charge in [-0.05, 0) is 25.5 Å². The summed E-state index contributed by atoms with van der Waals surface area (Å²) in [5.74, 6) is -0.114. The first-order valence-electron chi connectivity index (χ1n) is 6.49. The number of aromatic nitrogens is 1. The Morgan fingerprint density at radius 3 is 2.95 bits per heavy atom. The highest BCUT2D eigenvalue weighted by Crippen LogP contribution is 2.42. The van der Waals surface area contributed by atoms with Crippen molar-refractivity contribution >= 4 is 17.5 Å². The highest BCUT2D eigenvalue weighted by Gasteiger charge is 2.49. The van der Waals surface area contributed by atoms with Crippen molar-refractivity contribution in [2.45, 2.75) is 39.3 Å². The maximum atomic E-state index is 12.1. The van der Waals surface area contributed by atoms with Gasteiger partial charge in [0.2, 0.25) is 0 Å². The summed E-state index contributed by atoms with van der Waals surface area (Å²) in [5, 5.41) is 3.36. The van der Waals surface area contributed by atoms with Crippen LogP contribution in [-0.4, -0.2) is 29.6 Å². The summed E-state index contributed by atoms with van der Waals surface area (Å²) in [7, 11) is 0. The number of rotatable bonds is 4. The minimum absolute atomic E-state index is 0.0392. The molecule has 104 valence electrons. The van der Waals surface area contributed by atoms with Crippen molar-refractivity contribution in [3.8, 4) is 0 Å². The number of halogens is 1. The van der Waals surface area contributed by atoms with Gasteiger partial charge in [-0.2, -0.15) is 0 Å². The van der Waals surface area contributed by atoms with E-state index in [1.165, 1.54) is 6.20 Å². The van der Waals surface area contributed by atoms with E-state index in [2.05, 4.69) is 24.1 Å². The van der Waals surface area contributed by atoms with Crippen LogP contribution in [0.5, 0.6) is 0 Å². The van der Waals surface area contributed by atoms with Gasteiger partial charge < -0.3 is 10.1 Å². The molecule has 1 saturated carbocycles. The molecule has 0 saturated heterocycles. The molecule has 0 aromatic carbocycles. The zero-order valence-electron chi connectivity index (χ0n) is 11.4. The molecular formula is C14H19ClN2O2. The number of ether oxygens (including phenoxy) is 1. The number of carbonyl (C=O) groups excluding carboxylic acids is 1. The van der Waals surface area contributed by atoms with Gasteiger partial charge in [-0.15, -0.1) is 0 Å². The Hall–Kier alpha value is -1.13. The predicted molar refractivity (Wildman–Crippen MR) is 74.3 cm³/mol. The lowest BCUT2D eigenvalue weighted by atomic mass is 9.64. The molecule has 0 bridgehead atoms. The number of hydrogen-bond acceptors (Lipinski definition) is 3. The summed E-state index contributed by atoms with van der Waals surface area (Å²) in [6.07, 6.45) is 2.60. The van der Waals surface area contributed by atoms with Gasteiger partial charge in [-0.3, -0.25) is 4.79 Å². The Morgan fingerprint density at radius 1 is 1.63 bits per heavy atom. The third-order valence-electron chi connectivity index (χ3n) is 3.84. The molecule has 1 N–H and O–H groups in total. The standard InChI is InChI=1S/C14H19ClN2O2/c1-4-19-11-8-10(14(11,2)3)17-13(18)9-5-6-16-12(15)7-9/h5-7,10-11H,4,8H2,1-3H3,(H,17,18). The molecule has 0 spiro atoms. The molecule has 1 heterocycles. The van der Waals surface area contributed by atoms with E-state index in [1.54, 1.807) is 12.1 Å². The fourth-order valence-corrected chi connectivity index (χ4v) is 2.57. The Labute approximate surface area is 118 Å². The predicted octanol–water partition coefficient (Wildman–Crippen LogP) is 2.67. The summed E-state index contributed by atoms with van der Waals surface area (Å²) in [6, 6.07) is 3.36. The average molecular weight is 283 g/mol. The van der Waals surface area contributed by atoms with Crippen LogP contribution in [0.3, 0.4) is 0 Å². The van der Waals surface area contributed by atoms with Crippen molar-refractivity contribution in [3.63, 3.8) is 0 Å². The molecule has 2 rings (SSSR count). The van der Waals surface area contributed by atoms with Gasteiger partial charge in [-0.25, -0.2) is 4.98 Å². The summed E-state index contributed by atoms with van der Waals surface area (Å²) in [5.41, 5.74) is 0.498. The third kappa shape index (κ3) is 2.90. The number of nitrogens with one attached hydrogen (secondary N) is 1. The molecule has 1 aliphatic rings. The van der Waals surface area contributed by atoms with E-state index in [0.717, 1.165) is 6.42 Å². The first-order chi connectivity index (χ1) is 8.95. The largest absolute Gasteiger partial charge is 0.378 e. The van der Waals surface area contributed by atoms with E-state index in [1.807, 2.05) is 6.92 Å². The van der Waals surface area contributed by atoms with Crippen molar-refractivity contribution in [1.29, 1.82) is 0 Å². The lowest BCUT2D eigenvalue weighted by Crippen LogP contribution is -2.62. The van der Waals surface area contributed by atoms with Crippen molar-refractivity contribution < 1.29 is 9.53 Å². The molecule has 19 heavy (non-hydrogen) atoms. The Morgan fingerprint density at radius 2 is 2.37 bits per heavy atom. The summed E-state index contributed by atoms with van der Waals surface area (Å²) < 4.78 is 5.65. The average Bonchev–Trinajstić information content (AvgIpc) is 2.37. The Kier molecular flexibility index (Phi) is 4.11. The van der Waals surface area contributed by atoms with Crippen molar-refractivity contribution in [3.05, 3.63) is 29.0 Å². The zero-order valence-corrected chi connectivity index (χ0v) is 12.2. The number of carbonyl (C=O) groups is 1. The summed E-state index contributed by atoms with van der Waals surface area (Å²) >= 11 is 5.78. The van der Waals surface area contributed by atoms with Gasteiger partial charge in [-0.1, -0.05) is 25.4 Å². The second-order valence-electron chi connectivity index (χ2n) is 5.39. The van der Waals surface area contributed by atoms with E-state index in [0.29, 0.717) is 17.3 Å². The van der Waals surface area contributed by atoms with E-state index < -0.39 is 0 Å². The smallest absolute Gasteiger partial charge is 0.251 e. The van der Waals surface area contributed by atoms with Gasteiger partial charge in [0.25, 0.3) is 5.91 Å². The molecule has 1 aromatic rings. The molecular weight excluding hydrogens is 264 g/mol. The minimum Gasteiger partial charge on any atom is -0.378 e. The van der Waals surface area contributed by atoms with Crippen LogP contribution in [0.4, 0.5) is 0 Å². The monoisotopic (exact) mass is 282 g/mol. The second kappa shape index (κ2) is 5.47. The molecule has 4 nitrogen and oxygen atoms in total.